The number of hydrogen-bond donors (Lipinski definition) is 0. The molecule has 8 heteroatoms. The molecule has 2 aliphatic rings. The topological polar surface area (TPSA) is 48.8 Å². The number of fused-ring (bicyclic) bond motifs is 1. The van der Waals surface area contributed by atoms with Gasteiger partial charge in [-0.15, -0.1) is 6.58 Å². The summed E-state index contributed by atoms with van der Waals surface area (Å²) < 4.78 is 20.8. The number of ether oxygens (including phenoxy) is 3. The van der Waals surface area contributed by atoms with Crippen LogP contribution >= 0.6 is 23.2 Å². The molecule has 2 aliphatic heterocycles. The lowest BCUT2D eigenvalue weighted by Gasteiger charge is -2.30. The van der Waals surface area contributed by atoms with Crippen LogP contribution in [0, 0.1) is 0 Å². The first-order valence-electron chi connectivity index (χ1n) is 11.4. The number of halogens is 2. The van der Waals surface area contributed by atoms with Crippen molar-refractivity contribution in [3.63, 3.8) is 0 Å². The summed E-state index contributed by atoms with van der Waals surface area (Å²) >= 11 is 12.7. The van der Waals surface area contributed by atoms with E-state index in [0.717, 1.165) is 37.4 Å². The Kier molecular flexibility index (Phi) is 6.95. The van der Waals surface area contributed by atoms with Gasteiger partial charge in [0, 0.05) is 42.6 Å². The summed E-state index contributed by atoms with van der Waals surface area (Å²) in [5.74, 6) is -0.211. The molecule has 2 aromatic carbocycles. The van der Waals surface area contributed by atoms with E-state index in [9.17, 15) is 0 Å². The third-order valence-corrected chi connectivity index (χ3v) is 6.79. The number of nitrogens with zero attached hydrogens (tertiary/aromatic N) is 3. The number of imidazole rings is 1. The van der Waals surface area contributed by atoms with E-state index in [0.29, 0.717) is 29.8 Å². The monoisotopic (exact) mass is 499 g/mol. The quantitative estimate of drug-likeness (QED) is 0.404. The number of benzene rings is 2. The van der Waals surface area contributed by atoms with E-state index in [4.69, 9.17) is 37.4 Å². The first-order valence-corrected chi connectivity index (χ1v) is 12.1. The van der Waals surface area contributed by atoms with E-state index in [2.05, 4.69) is 28.6 Å². The van der Waals surface area contributed by atoms with Crippen molar-refractivity contribution in [1.29, 1.82) is 0 Å². The van der Waals surface area contributed by atoms with Gasteiger partial charge in [0.15, 0.2) is 0 Å². The van der Waals surface area contributed by atoms with Gasteiger partial charge in [-0.1, -0.05) is 41.4 Å². The van der Waals surface area contributed by atoms with Crippen molar-refractivity contribution in [3.05, 3.63) is 94.5 Å². The molecule has 5 rings (SSSR count). The molecular formula is C26H27Cl2N3O3. The second kappa shape index (κ2) is 10.1. The van der Waals surface area contributed by atoms with Crippen LogP contribution in [0.4, 0.5) is 0 Å². The van der Waals surface area contributed by atoms with Crippen LogP contribution in [0.2, 0.25) is 10.0 Å². The van der Waals surface area contributed by atoms with Crippen LogP contribution < -0.4 is 4.74 Å². The Hall–Kier alpha value is -2.35. The Morgan fingerprint density at radius 2 is 2.12 bits per heavy atom. The molecule has 34 heavy (non-hydrogen) atoms. The van der Waals surface area contributed by atoms with Crippen LogP contribution in [0.1, 0.15) is 16.7 Å². The maximum atomic E-state index is 6.55. The molecule has 0 spiro atoms. The van der Waals surface area contributed by atoms with E-state index in [-0.39, 0.29) is 6.10 Å². The fraction of sp³-hybridized carbons (Fsp3) is 0.346. The summed E-state index contributed by atoms with van der Waals surface area (Å²) in [6, 6.07) is 11.7. The second-order valence-electron chi connectivity index (χ2n) is 8.68. The third-order valence-electron chi connectivity index (χ3n) is 6.24. The van der Waals surface area contributed by atoms with E-state index in [1.54, 1.807) is 24.7 Å². The van der Waals surface area contributed by atoms with Crippen molar-refractivity contribution in [3.8, 4) is 5.75 Å². The maximum Gasteiger partial charge on any atom is 0.215 e. The van der Waals surface area contributed by atoms with Gasteiger partial charge < -0.3 is 18.8 Å². The summed E-state index contributed by atoms with van der Waals surface area (Å²) in [4.78, 5) is 6.53. The fourth-order valence-electron chi connectivity index (χ4n) is 4.58. The van der Waals surface area contributed by atoms with Crippen LogP contribution in [-0.2, 0) is 34.8 Å². The Morgan fingerprint density at radius 3 is 2.91 bits per heavy atom. The van der Waals surface area contributed by atoms with Crippen LogP contribution in [0.25, 0.3) is 0 Å². The molecule has 2 unspecified atom stereocenters. The largest absolute Gasteiger partial charge is 0.491 e. The zero-order chi connectivity index (χ0) is 23.5. The van der Waals surface area contributed by atoms with Crippen LogP contribution in [0.15, 0.2) is 67.8 Å². The van der Waals surface area contributed by atoms with Gasteiger partial charge in [0.05, 0.1) is 24.5 Å². The normalized spacial score (nSPS) is 22.5. The molecule has 3 heterocycles. The molecule has 0 aliphatic carbocycles. The predicted octanol–water partition coefficient (Wildman–Crippen LogP) is 5.08. The minimum atomic E-state index is -1.05. The molecule has 0 radical (unpaired) electrons. The van der Waals surface area contributed by atoms with Gasteiger partial charge in [-0.25, -0.2) is 4.98 Å². The first kappa shape index (κ1) is 23.4. The predicted molar refractivity (Wildman–Crippen MR) is 132 cm³/mol. The molecule has 3 aromatic rings. The summed E-state index contributed by atoms with van der Waals surface area (Å²) in [5.41, 5.74) is 3.41. The summed E-state index contributed by atoms with van der Waals surface area (Å²) in [7, 11) is 0. The van der Waals surface area contributed by atoms with E-state index < -0.39 is 5.79 Å². The van der Waals surface area contributed by atoms with Crippen molar-refractivity contribution in [2.24, 2.45) is 0 Å². The fourth-order valence-corrected chi connectivity index (χ4v) is 5.13. The zero-order valence-electron chi connectivity index (χ0n) is 18.8. The van der Waals surface area contributed by atoms with E-state index in [1.807, 2.05) is 29.0 Å². The minimum absolute atomic E-state index is 0.255. The lowest BCUT2D eigenvalue weighted by molar-refractivity contribution is -0.189. The number of aromatic nitrogens is 2. The average molecular weight is 500 g/mol. The maximum absolute atomic E-state index is 6.55. The van der Waals surface area contributed by atoms with Gasteiger partial charge in [-0.3, -0.25) is 4.90 Å². The molecule has 1 saturated heterocycles. The highest BCUT2D eigenvalue weighted by atomic mass is 35.5. The van der Waals surface area contributed by atoms with E-state index >= 15 is 0 Å². The Bertz CT molecular complexity index is 1150. The molecule has 2 atom stereocenters. The lowest BCUT2D eigenvalue weighted by Crippen LogP contribution is -2.34. The van der Waals surface area contributed by atoms with Crippen molar-refractivity contribution in [1.82, 2.24) is 14.5 Å². The zero-order valence-corrected chi connectivity index (χ0v) is 20.3. The second-order valence-corrected chi connectivity index (χ2v) is 9.52. The van der Waals surface area contributed by atoms with E-state index in [1.165, 1.54) is 11.1 Å². The lowest BCUT2D eigenvalue weighted by atomic mass is 9.99. The molecule has 6 nitrogen and oxygen atoms in total. The standard InChI is InChI=1S/C26H27Cl2N3O3/c1-2-9-30-10-7-19-12-22(5-3-20(19)14-30)32-15-23-16-33-26(34-23,17-31-11-8-29-18-31)24-6-4-21(27)13-25(24)28/h2-6,8,11-13,18,23H,1,7,9-10,14-17H2. The molecule has 0 saturated carbocycles. The summed E-state index contributed by atoms with van der Waals surface area (Å²) in [6.45, 7) is 7.89. The third kappa shape index (κ3) is 5.02. The smallest absolute Gasteiger partial charge is 0.215 e. The van der Waals surface area contributed by atoms with Gasteiger partial charge in [0.25, 0.3) is 0 Å². The van der Waals surface area contributed by atoms with Crippen LogP contribution in [-0.4, -0.2) is 46.9 Å². The van der Waals surface area contributed by atoms with Crippen molar-refractivity contribution >= 4 is 23.2 Å². The molecular weight excluding hydrogens is 473 g/mol. The highest BCUT2D eigenvalue weighted by Gasteiger charge is 2.45. The average Bonchev–Trinajstić information content (AvgIpc) is 3.48. The summed E-state index contributed by atoms with van der Waals surface area (Å²) in [5, 5.41) is 1.05. The highest BCUT2D eigenvalue weighted by Crippen LogP contribution is 2.40. The first-order chi connectivity index (χ1) is 16.5. The van der Waals surface area contributed by atoms with Gasteiger partial charge in [-0.2, -0.15) is 0 Å². The van der Waals surface area contributed by atoms with Gasteiger partial charge >= 0.3 is 0 Å². The molecule has 0 bridgehead atoms. The van der Waals surface area contributed by atoms with Crippen LogP contribution in [0.5, 0.6) is 5.75 Å². The van der Waals surface area contributed by atoms with Gasteiger partial charge in [0.2, 0.25) is 5.79 Å². The molecule has 1 aromatic heterocycles. The SMILES string of the molecule is C=CCN1CCc2cc(OCC3COC(Cn4ccnc4)(c4ccc(Cl)cc4Cl)O3)ccc2C1. The summed E-state index contributed by atoms with van der Waals surface area (Å²) in [6.07, 6.45) is 8.02. The Balaban J connectivity index is 1.28. The molecule has 178 valence electrons. The highest BCUT2D eigenvalue weighted by molar-refractivity contribution is 6.35. The Labute approximate surface area is 209 Å². The van der Waals surface area contributed by atoms with Crippen molar-refractivity contribution < 1.29 is 14.2 Å². The number of hydrogen-bond acceptors (Lipinski definition) is 5. The Morgan fingerprint density at radius 1 is 1.21 bits per heavy atom. The van der Waals surface area contributed by atoms with Gasteiger partial charge in [0.1, 0.15) is 18.5 Å². The van der Waals surface area contributed by atoms with Crippen LogP contribution in [0.3, 0.4) is 0 Å². The number of rotatable bonds is 8. The van der Waals surface area contributed by atoms with Gasteiger partial charge in [-0.05, 0) is 41.8 Å². The molecule has 0 N–H and O–H groups in total. The minimum Gasteiger partial charge on any atom is -0.491 e. The molecule has 0 amide bonds. The van der Waals surface area contributed by atoms with Crippen molar-refractivity contribution in [2.75, 3.05) is 26.3 Å². The van der Waals surface area contributed by atoms with Crippen molar-refractivity contribution in [2.45, 2.75) is 31.4 Å². The molecule has 1 fully saturated rings.